The predicted octanol–water partition coefficient (Wildman–Crippen LogP) is 6.77. The molecule has 0 saturated carbocycles. The van der Waals surface area contributed by atoms with E-state index in [1.807, 2.05) is 48.5 Å². The molecule has 1 saturated heterocycles. The van der Waals surface area contributed by atoms with Crippen molar-refractivity contribution in [2.24, 2.45) is 5.92 Å². The van der Waals surface area contributed by atoms with Gasteiger partial charge in [0.2, 0.25) is 17.6 Å². The fourth-order valence-corrected chi connectivity index (χ4v) is 5.17. The van der Waals surface area contributed by atoms with Gasteiger partial charge in [0.25, 0.3) is 0 Å². The van der Waals surface area contributed by atoms with E-state index in [0.717, 1.165) is 24.9 Å². The second kappa shape index (κ2) is 11.7. The molecule has 40 heavy (non-hydrogen) atoms. The molecule has 206 valence electrons. The van der Waals surface area contributed by atoms with Crippen LogP contribution in [0.25, 0.3) is 11.4 Å². The molecule has 0 spiro atoms. The molecule has 1 aromatic heterocycles. The Bertz CT molecular complexity index is 1510. The first kappa shape index (κ1) is 27.7. The summed E-state index contributed by atoms with van der Waals surface area (Å²) in [6, 6.07) is 22.2. The number of carbonyl (C=O) groups is 2. The minimum absolute atomic E-state index is 0.0191. The Labute approximate surface area is 239 Å². The molecule has 0 aliphatic carbocycles. The lowest BCUT2D eigenvalue weighted by molar-refractivity contribution is -0.121. The highest BCUT2D eigenvalue weighted by atomic mass is 35.5. The molecule has 1 aliphatic heterocycles. The number of piperidine rings is 1. The third kappa shape index (κ3) is 6.49. The van der Waals surface area contributed by atoms with Crippen LogP contribution in [-0.4, -0.2) is 39.8 Å². The summed E-state index contributed by atoms with van der Waals surface area (Å²) in [5, 5.41) is 7.66. The number of anilines is 1. The van der Waals surface area contributed by atoms with Crippen molar-refractivity contribution in [3.63, 3.8) is 0 Å². The molecule has 1 fully saturated rings. The van der Waals surface area contributed by atoms with E-state index in [9.17, 15) is 9.59 Å². The zero-order valence-electron chi connectivity index (χ0n) is 23.0. The standard InChI is InChI=1S/C32H33ClN4O3/c1-32(2,3)24-15-13-21(14-16-24)29(38)22-8-6-10-25(18-22)34-31(39)23-9-7-17-37(19-23)20-28-35-30(36-40-28)26-11-4-5-12-27(26)33/h4-6,8,10-16,18,23H,7,9,17,19-20H2,1-3H3,(H,34,39). The lowest BCUT2D eigenvalue weighted by Gasteiger charge is -2.30. The van der Waals surface area contributed by atoms with Crippen molar-refractivity contribution in [3.05, 3.63) is 100 Å². The van der Waals surface area contributed by atoms with Gasteiger partial charge in [-0.25, -0.2) is 0 Å². The van der Waals surface area contributed by atoms with Crippen LogP contribution in [0, 0.1) is 5.92 Å². The van der Waals surface area contributed by atoms with E-state index in [4.69, 9.17) is 16.1 Å². The quantitative estimate of drug-likeness (QED) is 0.253. The van der Waals surface area contributed by atoms with Gasteiger partial charge >= 0.3 is 0 Å². The number of ketones is 1. The third-order valence-corrected chi connectivity index (χ3v) is 7.55. The number of aromatic nitrogens is 2. The number of hydrogen-bond donors (Lipinski definition) is 1. The lowest BCUT2D eigenvalue weighted by Crippen LogP contribution is -2.40. The number of carbonyl (C=O) groups excluding carboxylic acids is 2. The molecule has 3 aromatic carbocycles. The van der Waals surface area contributed by atoms with Crippen molar-refractivity contribution in [1.29, 1.82) is 0 Å². The van der Waals surface area contributed by atoms with Crippen molar-refractivity contribution in [2.45, 2.75) is 45.6 Å². The summed E-state index contributed by atoms with van der Waals surface area (Å²) in [4.78, 5) is 33.0. The zero-order valence-corrected chi connectivity index (χ0v) is 23.7. The van der Waals surface area contributed by atoms with Crippen LogP contribution in [0.2, 0.25) is 5.02 Å². The van der Waals surface area contributed by atoms with E-state index in [1.54, 1.807) is 24.3 Å². The highest BCUT2D eigenvalue weighted by Crippen LogP contribution is 2.27. The molecule has 1 N–H and O–H groups in total. The monoisotopic (exact) mass is 556 g/mol. The number of likely N-dealkylation sites (tertiary alicyclic amines) is 1. The van der Waals surface area contributed by atoms with Crippen LogP contribution >= 0.6 is 11.6 Å². The summed E-state index contributed by atoms with van der Waals surface area (Å²) < 4.78 is 5.47. The first-order chi connectivity index (χ1) is 19.2. The largest absolute Gasteiger partial charge is 0.338 e. The van der Waals surface area contributed by atoms with Gasteiger partial charge in [-0.2, -0.15) is 4.98 Å². The van der Waals surface area contributed by atoms with Gasteiger partial charge in [0.1, 0.15) is 0 Å². The first-order valence-corrected chi connectivity index (χ1v) is 13.9. The number of hydrogen-bond acceptors (Lipinski definition) is 6. The van der Waals surface area contributed by atoms with Crippen molar-refractivity contribution in [2.75, 3.05) is 18.4 Å². The summed E-state index contributed by atoms with van der Waals surface area (Å²) in [5.41, 5.74) is 3.69. The molecule has 8 heteroatoms. The minimum Gasteiger partial charge on any atom is -0.338 e. The first-order valence-electron chi connectivity index (χ1n) is 13.5. The number of nitrogens with one attached hydrogen (secondary N) is 1. The predicted molar refractivity (Wildman–Crippen MR) is 156 cm³/mol. The normalized spacial score (nSPS) is 16.1. The van der Waals surface area contributed by atoms with Gasteiger partial charge < -0.3 is 9.84 Å². The van der Waals surface area contributed by atoms with Gasteiger partial charge in [-0.3, -0.25) is 14.5 Å². The molecule has 1 amide bonds. The molecule has 1 aliphatic rings. The lowest BCUT2D eigenvalue weighted by atomic mass is 9.86. The van der Waals surface area contributed by atoms with Crippen molar-refractivity contribution in [1.82, 2.24) is 15.0 Å². The summed E-state index contributed by atoms with van der Waals surface area (Å²) in [6.45, 7) is 8.31. The van der Waals surface area contributed by atoms with Gasteiger partial charge in [-0.1, -0.05) is 86.1 Å². The molecule has 2 heterocycles. The van der Waals surface area contributed by atoms with Crippen LogP contribution in [0.1, 0.15) is 61.0 Å². The maximum absolute atomic E-state index is 13.2. The average molecular weight is 557 g/mol. The van der Waals surface area contributed by atoms with Gasteiger partial charge in [-0.05, 0) is 54.6 Å². The van der Waals surface area contributed by atoms with Crippen LogP contribution in [-0.2, 0) is 16.8 Å². The Balaban J connectivity index is 1.20. The molecule has 0 bridgehead atoms. The van der Waals surface area contributed by atoms with E-state index in [2.05, 4.69) is 41.1 Å². The molecular formula is C32H33ClN4O3. The SMILES string of the molecule is CC(C)(C)c1ccc(C(=O)c2cccc(NC(=O)C3CCCN(Cc4nc(-c5ccccc5Cl)no4)C3)c2)cc1. The minimum atomic E-state index is -0.191. The molecule has 4 aromatic rings. The second-order valence-corrected chi connectivity index (χ2v) is 11.7. The van der Waals surface area contributed by atoms with Gasteiger partial charge in [-0.15, -0.1) is 0 Å². The molecule has 7 nitrogen and oxygen atoms in total. The van der Waals surface area contributed by atoms with Gasteiger partial charge in [0.15, 0.2) is 5.78 Å². The summed E-state index contributed by atoms with van der Waals surface area (Å²) >= 11 is 6.26. The van der Waals surface area contributed by atoms with Crippen LogP contribution in [0.4, 0.5) is 5.69 Å². The van der Waals surface area contributed by atoms with Gasteiger partial charge in [0.05, 0.1) is 17.5 Å². The average Bonchev–Trinajstić information content (AvgIpc) is 3.41. The van der Waals surface area contributed by atoms with E-state index < -0.39 is 0 Å². The zero-order chi connectivity index (χ0) is 28.3. The topological polar surface area (TPSA) is 88.3 Å². The van der Waals surface area contributed by atoms with Crippen LogP contribution in [0.5, 0.6) is 0 Å². The fourth-order valence-electron chi connectivity index (χ4n) is 4.95. The van der Waals surface area contributed by atoms with Crippen molar-refractivity contribution in [3.8, 4) is 11.4 Å². The Hall–Kier alpha value is -3.81. The smallest absolute Gasteiger partial charge is 0.241 e. The van der Waals surface area contributed by atoms with E-state index in [1.165, 1.54) is 5.56 Å². The Morgan fingerprint density at radius 1 is 1.02 bits per heavy atom. The third-order valence-electron chi connectivity index (χ3n) is 7.22. The summed E-state index contributed by atoms with van der Waals surface area (Å²) in [6.07, 6.45) is 1.67. The fraction of sp³-hybridized carbons (Fsp3) is 0.312. The van der Waals surface area contributed by atoms with E-state index in [-0.39, 0.29) is 23.0 Å². The Morgan fingerprint density at radius 2 is 1.80 bits per heavy atom. The Morgan fingerprint density at radius 3 is 2.55 bits per heavy atom. The maximum Gasteiger partial charge on any atom is 0.241 e. The number of rotatable bonds is 7. The molecule has 5 rings (SSSR count). The van der Waals surface area contributed by atoms with Crippen molar-refractivity contribution < 1.29 is 14.1 Å². The molecular weight excluding hydrogens is 524 g/mol. The van der Waals surface area contributed by atoms with E-state index >= 15 is 0 Å². The van der Waals surface area contributed by atoms with E-state index in [0.29, 0.717) is 46.6 Å². The van der Waals surface area contributed by atoms with Crippen molar-refractivity contribution >= 4 is 29.0 Å². The number of benzene rings is 3. The summed E-state index contributed by atoms with van der Waals surface area (Å²) in [5.74, 6) is 0.607. The highest BCUT2D eigenvalue weighted by Gasteiger charge is 2.27. The highest BCUT2D eigenvalue weighted by molar-refractivity contribution is 6.33. The number of nitrogens with zero attached hydrogens (tertiary/aromatic N) is 3. The van der Waals surface area contributed by atoms with Crippen LogP contribution in [0.15, 0.2) is 77.3 Å². The number of amides is 1. The molecule has 1 atom stereocenters. The maximum atomic E-state index is 13.2. The van der Waals surface area contributed by atoms with Crippen LogP contribution in [0.3, 0.4) is 0 Å². The van der Waals surface area contributed by atoms with Crippen LogP contribution < -0.4 is 5.32 Å². The molecule has 1 unspecified atom stereocenters. The summed E-state index contributed by atoms with van der Waals surface area (Å²) in [7, 11) is 0. The number of halogens is 1. The second-order valence-electron chi connectivity index (χ2n) is 11.3. The molecule has 0 radical (unpaired) electrons. The van der Waals surface area contributed by atoms with Gasteiger partial charge in [0, 0.05) is 28.9 Å². The Kier molecular flexibility index (Phi) is 8.14.